The summed E-state index contributed by atoms with van der Waals surface area (Å²) in [5.74, 6) is -3.40. The molecule has 0 aliphatic heterocycles. The lowest BCUT2D eigenvalue weighted by atomic mass is 9.57. The fourth-order valence-electron chi connectivity index (χ4n) is 4.53. The third kappa shape index (κ3) is 7.61. The average molecular weight is 413 g/mol. The van der Waals surface area contributed by atoms with Gasteiger partial charge in [0, 0.05) is 11.9 Å². The van der Waals surface area contributed by atoms with Gasteiger partial charge >= 0.3 is 5.97 Å². The van der Waals surface area contributed by atoms with Gasteiger partial charge in [-0.05, 0) is 49.9 Å². The van der Waals surface area contributed by atoms with Crippen molar-refractivity contribution < 1.29 is 29.3 Å². The van der Waals surface area contributed by atoms with Crippen molar-refractivity contribution in [2.45, 2.75) is 91.5 Å². The molecular formula is C22H38NO6-. The Morgan fingerprint density at radius 2 is 1.79 bits per heavy atom. The molecule has 0 heterocycles. The fraction of sp³-hybridized carbons (Fsp3) is 0.864. The van der Waals surface area contributed by atoms with Gasteiger partial charge in [-0.3, -0.25) is 4.79 Å². The van der Waals surface area contributed by atoms with E-state index < -0.39 is 42.8 Å². The molecule has 0 bridgehead atoms. The summed E-state index contributed by atoms with van der Waals surface area (Å²) in [4.78, 5) is 35.6. The number of amides is 1. The third-order valence-corrected chi connectivity index (χ3v) is 6.46. The van der Waals surface area contributed by atoms with Crippen LogP contribution in [0.15, 0.2) is 0 Å². The third-order valence-electron chi connectivity index (χ3n) is 6.46. The van der Waals surface area contributed by atoms with Gasteiger partial charge in [-0.15, -0.1) is 0 Å². The molecule has 1 saturated carbocycles. The molecule has 1 aliphatic carbocycles. The topological polar surface area (TPSA) is 116 Å². The Kier molecular flexibility index (Phi) is 10.1. The van der Waals surface area contributed by atoms with Gasteiger partial charge in [-0.25, -0.2) is 4.79 Å². The number of esters is 1. The molecule has 29 heavy (non-hydrogen) atoms. The SMILES string of the molecule is CCOC(=O)C(CO)NC(=O)C(CCCC1(C(C)(C)C)CCCCC1)CC(=O)[O-]. The van der Waals surface area contributed by atoms with Crippen LogP contribution in [-0.2, 0) is 19.1 Å². The maximum absolute atomic E-state index is 12.6. The van der Waals surface area contributed by atoms with Gasteiger partial charge in [0.1, 0.15) is 0 Å². The van der Waals surface area contributed by atoms with Crippen molar-refractivity contribution in [1.29, 1.82) is 0 Å². The van der Waals surface area contributed by atoms with Crippen LogP contribution in [0.5, 0.6) is 0 Å². The summed E-state index contributed by atoms with van der Waals surface area (Å²) in [6, 6.07) is -1.19. The molecular weight excluding hydrogens is 374 g/mol. The van der Waals surface area contributed by atoms with Gasteiger partial charge in [0.05, 0.1) is 13.2 Å². The molecule has 1 amide bonds. The molecule has 0 radical (unpaired) electrons. The van der Waals surface area contributed by atoms with Crippen LogP contribution in [0, 0.1) is 16.7 Å². The second kappa shape index (κ2) is 11.5. The number of rotatable bonds is 11. The molecule has 0 aromatic carbocycles. The van der Waals surface area contributed by atoms with Crippen molar-refractivity contribution >= 4 is 17.8 Å². The molecule has 7 heteroatoms. The molecule has 7 nitrogen and oxygen atoms in total. The number of hydrogen-bond acceptors (Lipinski definition) is 6. The van der Waals surface area contributed by atoms with E-state index in [1.54, 1.807) is 6.92 Å². The highest BCUT2D eigenvalue weighted by atomic mass is 16.5. The molecule has 0 spiro atoms. The second-order valence-corrected chi connectivity index (χ2v) is 9.25. The van der Waals surface area contributed by atoms with E-state index in [0.717, 1.165) is 25.7 Å². The molecule has 2 atom stereocenters. The van der Waals surface area contributed by atoms with Crippen molar-refractivity contribution in [1.82, 2.24) is 5.32 Å². The molecule has 0 saturated heterocycles. The lowest BCUT2D eigenvalue weighted by Crippen LogP contribution is -2.47. The van der Waals surface area contributed by atoms with Gasteiger partial charge in [0.2, 0.25) is 5.91 Å². The summed E-state index contributed by atoms with van der Waals surface area (Å²) in [5, 5.41) is 23.0. The molecule has 0 aromatic rings. The normalized spacial score (nSPS) is 18.5. The van der Waals surface area contributed by atoms with Gasteiger partial charge in [-0.2, -0.15) is 0 Å². The monoisotopic (exact) mass is 412 g/mol. The van der Waals surface area contributed by atoms with Gasteiger partial charge in [0.15, 0.2) is 6.04 Å². The Labute approximate surface area is 174 Å². The van der Waals surface area contributed by atoms with Crippen molar-refractivity contribution in [3.8, 4) is 0 Å². The first-order valence-corrected chi connectivity index (χ1v) is 10.8. The minimum Gasteiger partial charge on any atom is -0.550 e. The predicted molar refractivity (Wildman–Crippen MR) is 108 cm³/mol. The van der Waals surface area contributed by atoms with Crippen LogP contribution in [0.1, 0.15) is 85.5 Å². The summed E-state index contributed by atoms with van der Waals surface area (Å²) < 4.78 is 4.83. The zero-order valence-electron chi connectivity index (χ0n) is 18.4. The number of aliphatic hydroxyl groups excluding tert-OH is 1. The van der Waals surface area contributed by atoms with Crippen molar-refractivity contribution in [3.05, 3.63) is 0 Å². The van der Waals surface area contributed by atoms with Crippen LogP contribution in [0.4, 0.5) is 0 Å². The number of ether oxygens (including phenoxy) is 1. The first-order chi connectivity index (χ1) is 13.6. The molecule has 2 unspecified atom stereocenters. The number of aliphatic hydroxyl groups is 1. The van der Waals surface area contributed by atoms with Crippen molar-refractivity contribution in [2.75, 3.05) is 13.2 Å². The van der Waals surface area contributed by atoms with E-state index in [1.165, 1.54) is 19.3 Å². The maximum atomic E-state index is 12.6. The van der Waals surface area contributed by atoms with Crippen molar-refractivity contribution in [3.63, 3.8) is 0 Å². The van der Waals surface area contributed by atoms with Gasteiger partial charge < -0.3 is 25.1 Å². The summed E-state index contributed by atoms with van der Waals surface area (Å²) in [6.07, 6.45) is 7.64. The number of carboxylic acid groups (broad SMARTS) is 1. The first-order valence-electron chi connectivity index (χ1n) is 10.8. The van der Waals surface area contributed by atoms with E-state index in [-0.39, 0.29) is 17.4 Å². The number of carboxylic acids is 1. The van der Waals surface area contributed by atoms with Crippen LogP contribution >= 0.6 is 0 Å². The smallest absolute Gasteiger partial charge is 0.331 e. The van der Waals surface area contributed by atoms with Crippen LogP contribution in [0.2, 0.25) is 0 Å². The highest BCUT2D eigenvalue weighted by molar-refractivity contribution is 5.87. The lowest BCUT2D eigenvalue weighted by Gasteiger charge is -2.48. The van der Waals surface area contributed by atoms with E-state index in [2.05, 4.69) is 26.1 Å². The zero-order chi connectivity index (χ0) is 22.1. The highest BCUT2D eigenvalue weighted by Crippen LogP contribution is 2.52. The number of aliphatic carboxylic acids is 1. The van der Waals surface area contributed by atoms with Gasteiger partial charge in [0.25, 0.3) is 0 Å². The van der Waals surface area contributed by atoms with Crippen molar-refractivity contribution in [2.24, 2.45) is 16.7 Å². The Morgan fingerprint density at radius 1 is 1.17 bits per heavy atom. The molecule has 0 aromatic heterocycles. The van der Waals surface area contributed by atoms with E-state index in [0.29, 0.717) is 6.42 Å². The molecule has 2 N–H and O–H groups in total. The summed E-state index contributed by atoms with van der Waals surface area (Å²) in [7, 11) is 0. The van der Waals surface area contributed by atoms with E-state index in [9.17, 15) is 24.6 Å². The number of hydrogen-bond donors (Lipinski definition) is 2. The minimum atomic E-state index is -1.30. The molecule has 1 aliphatic rings. The van der Waals surface area contributed by atoms with E-state index in [4.69, 9.17) is 4.74 Å². The van der Waals surface area contributed by atoms with Crippen LogP contribution in [0.25, 0.3) is 0 Å². The van der Waals surface area contributed by atoms with Crippen LogP contribution in [0.3, 0.4) is 0 Å². The second-order valence-electron chi connectivity index (χ2n) is 9.25. The minimum absolute atomic E-state index is 0.128. The predicted octanol–water partition coefficient (Wildman–Crippen LogP) is 1.95. The summed E-state index contributed by atoms with van der Waals surface area (Å²) in [5.41, 5.74) is 0.345. The van der Waals surface area contributed by atoms with Gasteiger partial charge in [-0.1, -0.05) is 46.5 Å². The fourth-order valence-corrected chi connectivity index (χ4v) is 4.53. The molecule has 1 rings (SSSR count). The maximum Gasteiger partial charge on any atom is 0.331 e. The van der Waals surface area contributed by atoms with E-state index in [1.807, 2.05) is 0 Å². The number of nitrogens with one attached hydrogen (secondary N) is 1. The highest BCUT2D eigenvalue weighted by Gasteiger charge is 2.42. The Hall–Kier alpha value is -1.63. The quantitative estimate of drug-likeness (QED) is 0.501. The summed E-state index contributed by atoms with van der Waals surface area (Å²) in [6.45, 7) is 7.93. The Balaban J connectivity index is 2.76. The number of carbonyl (C=O) groups excluding carboxylic acids is 3. The lowest BCUT2D eigenvalue weighted by molar-refractivity contribution is -0.306. The van der Waals surface area contributed by atoms with Crippen LogP contribution < -0.4 is 10.4 Å². The first kappa shape index (κ1) is 25.4. The molecule has 1 fully saturated rings. The summed E-state index contributed by atoms with van der Waals surface area (Å²) >= 11 is 0. The zero-order valence-corrected chi connectivity index (χ0v) is 18.4. The van der Waals surface area contributed by atoms with Crippen LogP contribution in [-0.4, -0.2) is 42.2 Å². The largest absolute Gasteiger partial charge is 0.550 e. The molecule has 168 valence electrons. The average Bonchev–Trinajstić information content (AvgIpc) is 2.64. The van der Waals surface area contributed by atoms with E-state index >= 15 is 0 Å². The Morgan fingerprint density at radius 3 is 2.28 bits per heavy atom. The standard InChI is InChI=1S/C22H39NO6/c1-5-29-20(28)17(15-24)23-19(27)16(14-18(25)26)10-9-13-22(21(2,3)4)11-7-6-8-12-22/h16-17,24H,5-15H2,1-4H3,(H,23,27)(H,25,26)/p-1. The Bertz CT molecular complexity index is 548. The number of carbonyl (C=O) groups is 3.